The average molecular weight is 627 g/mol. The fourth-order valence-corrected chi connectivity index (χ4v) is 7.54. The quantitative estimate of drug-likeness (QED) is 0.385. The molecule has 11 nitrogen and oxygen atoms in total. The molecule has 2 N–H and O–H groups in total. The van der Waals surface area contributed by atoms with Crippen LogP contribution >= 0.6 is 0 Å². The van der Waals surface area contributed by atoms with Crippen molar-refractivity contribution in [2.75, 3.05) is 56.4 Å². The number of ether oxygens (including phenoxy) is 2. The molecule has 4 unspecified atom stereocenters. The predicted octanol–water partition coefficient (Wildman–Crippen LogP) is 5.35. The molecule has 4 fully saturated rings. The van der Waals surface area contributed by atoms with E-state index in [1.165, 1.54) is 64.2 Å². The zero-order valence-corrected chi connectivity index (χ0v) is 28.2. The first-order chi connectivity index (χ1) is 21.8. The van der Waals surface area contributed by atoms with Gasteiger partial charge in [-0.3, -0.25) is 24.0 Å². The lowest BCUT2D eigenvalue weighted by Crippen LogP contribution is -2.48. The summed E-state index contributed by atoms with van der Waals surface area (Å²) in [6, 6.07) is 5.12. The third-order valence-corrected chi connectivity index (χ3v) is 9.47. The maximum Gasteiger partial charge on any atom is 0.239 e. The molecule has 2 aliphatic carbocycles. The molecule has 6 rings (SSSR count). The van der Waals surface area contributed by atoms with Gasteiger partial charge in [-0.2, -0.15) is 10.2 Å². The summed E-state index contributed by atoms with van der Waals surface area (Å²) in [5.74, 6) is 1.68. The Hall–Kier alpha value is -2.47. The van der Waals surface area contributed by atoms with Gasteiger partial charge in [0, 0.05) is 63.8 Å². The van der Waals surface area contributed by atoms with Gasteiger partial charge >= 0.3 is 0 Å². The molecule has 4 heterocycles. The number of hydrogen-bond acceptors (Lipinski definition) is 8. The number of nitrogens with zero attached hydrogens (tertiary/aromatic N) is 6. The van der Waals surface area contributed by atoms with Gasteiger partial charge in [0.25, 0.3) is 0 Å². The second kappa shape index (κ2) is 16.9. The first-order valence-corrected chi connectivity index (χ1v) is 17.7. The number of aromatic nitrogens is 4. The van der Waals surface area contributed by atoms with Crippen LogP contribution in [0.25, 0.3) is 0 Å². The van der Waals surface area contributed by atoms with Crippen molar-refractivity contribution in [1.29, 1.82) is 0 Å². The molecule has 0 spiro atoms. The van der Waals surface area contributed by atoms with Crippen LogP contribution < -0.4 is 10.6 Å². The number of hydrogen-bond donors (Lipinski definition) is 2. The Morgan fingerprint density at radius 1 is 0.711 bits per heavy atom. The van der Waals surface area contributed by atoms with E-state index in [1.54, 1.807) is 0 Å². The molecule has 252 valence electrons. The Balaban J connectivity index is 0.000000178. The fraction of sp³-hybridized carbons (Fsp3) is 0.794. The van der Waals surface area contributed by atoms with Crippen molar-refractivity contribution < 1.29 is 14.3 Å². The van der Waals surface area contributed by atoms with E-state index in [4.69, 9.17) is 14.6 Å². The van der Waals surface area contributed by atoms with Crippen LogP contribution in [0.3, 0.4) is 0 Å². The van der Waals surface area contributed by atoms with Crippen molar-refractivity contribution in [3.8, 4) is 0 Å². The molecule has 0 radical (unpaired) electrons. The standard InChI is InChI=1S/C17H28N4O2.C17H30N4O/c1-13-10-20(11-14(2)23-13)12-17(22)18-16-8-9-21(19-16)15-6-4-3-5-7-15;1-14-12-20(13-15(2)22-14)11-9-18-17-8-10-21(19-17)16-6-4-3-5-7-16/h8-9,13-15H,3-7,10-12H2,1-2H3,(H,18,19,22);8,10,14-16H,3-7,9,11-13H2,1-2H3,(H,18,19). The van der Waals surface area contributed by atoms with Gasteiger partial charge in [0.2, 0.25) is 5.91 Å². The SMILES string of the molecule is CC1CN(CC(=O)Nc2ccn(C3CCCCC3)n2)CC(C)O1.CC1CN(CCNc2ccn(C3CCCCC3)n2)CC(C)O1. The first-order valence-electron chi connectivity index (χ1n) is 17.7. The highest BCUT2D eigenvalue weighted by Crippen LogP contribution is 2.29. The van der Waals surface area contributed by atoms with E-state index in [2.05, 4.69) is 56.3 Å². The normalized spacial score (nSPS) is 27.5. The summed E-state index contributed by atoms with van der Waals surface area (Å²) >= 11 is 0. The molecule has 45 heavy (non-hydrogen) atoms. The molecule has 4 atom stereocenters. The number of carbonyl (C=O) groups is 1. The van der Waals surface area contributed by atoms with Crippen molar-refractivity contribution in [2.24, 2.45) is 0 Å². The largest absolute Gasteiger partial charge is 0.373 e. The van der Waals surface area contributed by atoms with E-state index in [0.29, 0.717) is 36.7 Å². The minimum absolute atomic E-state index is 0.000180. The fourth-order valence-electron chi connectivity index (χ4n) is 7.54. The average Bonchev–Trinajstić information content (AvgIpc) is 3.68. The molecular weight excluding hydrogens is 568 g/mol. The van der Waals surface area contributed by atoms with Crippen LogP contribution in [-0.2, 0) is 14.3 Å². The summed E-state index contributed by atoms with van der Waals surface area (Å²) in [5.41, 5.74) is 0. The molecule has 0 bridgehead atoms. The van der Waals surface area contributed by atoms with Crippen LogP contribution in [0.4, 0.5) is 11.6 Å². The third-order valence-electron chi connectivity index (χ3n) is 9.47. The van der Waals surface area contributed by atoms with E-state index in [-0.39, 0.29) is 18.1 Å². The molecule has 1 amide bonds. The van der Waals surface area contributed by atoms with Crippen molar-refractivity contribution >= 4 is 17.5 Å². The Morgan fingerprint density at radius 3 is 1.71 bits per heavy atom. The molecule has 4 aliphatic rings. The van der Waals surface area contributed by atoms with Crippen molar-refractivity contribution in [3.05, 3.63) is 24.5 Å². The highest BCUT2D eigenvalue weighted by Gasteiger charge is 2.25. The summed E-state index contributed by atoms with van der Waals surface area (Å²) < 4.78 is 15.7. The Kier molecular flexibility index (Phi) is 12.7. The molecule has 2 aromatic heterocycles. The number of carbonyl (C=O) groups excluding carboxylic acids is 1. The lowest BCUT2D eigenvalue weighted by Gasteiger charge is -2.35. The third kappa shape index (κ3) is 10.8. The van der Waals surface area contributed by atoms with Crippen molar-refractivity contribution in [3.63, 3.8) is 0 Å². The number of anilines is 2. The molecule has 11 heteroatoms. The molecule has 0 aromatic carbocycles. The maximum atomic E-state index is 12.2. The van der Waals surface area contributed by atoms with Crippen LogP contribution in [-0.4, -0.2) is 105 Å². The van der Waals surface area contributed by atoms with Crippen LogP contribution in [0, 0.1) is 0 Å². The lowest BCUT2D eigenvalue weighted by molar-refractivity contribution is -0.121. The molecule has 2 aromatic rings. The highest BCUT2D eigenvalue weighted by atomic mass is 16.5. The van der Waals surface area contributed by atoms with Gasteiger partial charge < -0.3 is 20.1 Å². The molecule has 2 saturated carbocycles. The summed E-state index contributed by atoms with van der Waals surface area (Å²) in [6.07, 6.45) is 18.1. The Morgan fingerprint density at radius 2 is 1.18 bits per heavy atom. The second-order valence-electron chi connectivity index (χ2n) is 13.9. The zero-order chi connectivity index (χ0) is 31.6. The zero-order valence-electron chi connectivity index (χ0n) is 28.2. The minimum Gasteiger partial charge on any atom is -0.373 e. The van der Waals surface area contributed by atoms with Gasteiger partial charge in [0.05, 0.1) is 43.0 Å². The Bertz CT molecular complexity index is 1140. The van der Waals surface area contributed by atoms with Crippen LogP contribution in [0.2, 0.25) is 0 Å². The van der Waals surface area contributed by atoms with Gasteiger partial charge in [0.1, 0.15) is 5.82 Å². The topological polar surface area (TPSA) is 102 Å². The molecule has 2 saturated heterocycles. The lowest BCUT2D eigenvalue weighted by atomic mass is 9.96. The van der Waals surface area contributed by atoms with E-state index in [9.17, 15) is 4.79 Å². The van der Waals surface area contributed by atoms with Crippen LogP contribution in [0.15, 0.2) is 24.5 Å². The smallest absolute Gasteiger partial charge is 0.239 e. The van der Waals surface area contributed by atoms with Gasteiger partial charge in [-0.1, -0.05) is 38.5 Å². The number of nitrogens with one attached hydrogen (secondary N) is 2. The van der Waals surface area contributed by atoms with Gasteiger partial charge in [-0.15, -0.1) is 0 Å². The summed E-state index contributed by atoms with van der Waals surface area (Å²) in [7, 11) is 0. The van der Waals surface area contributed by atoms with Crippen molar-refractivity contribution in [2.45, 2.75) is 128 Å². The molecule has 2 aliphatic heterocycles. The van der Waals surface area contributed by atoms with E-state index in [1.807, 2.05) is 30.8 Å². The number of morpholine rings is 2. The minimum atomic E-state index is 0.000180. The Labute approximate surface area is 270 Å². The van der Waals surface area contributed by atoms with E-state index in [0.717, 1.165) is 45.1 Å². The molecular formula is C34H58N8O3. The monoisotopic (exact) mass is 626 g/mol. The first kappa shape index (κ1) is 33.9. The van der Waals surface area contributed by atoms with E-state index >= 15 is 0 Å². The van der Waals surface area contributed by atoms with Gasteiger partial charge in [-0.25, -0.2) is 0 Å². The van der Waals surface area contributed by atoms with Gasteiger partial charge in [-0.05, 0) is 53.4 Å². The van der Waals surface area contributed by atoms with E-state index < -0.39 is 0 Å². The summed E-state index contributed by atoms with van der Waals surface area (Å²) in [5, 5.41) is 15.6. The van der Waals surface area contributed by atoms with Gasteiger partial charge in [0.15, 0.2) is 5.82 Å². The number of rotatable bonds is 9. The second-order valence-corrected chi connectivity index (χ2v) is 13.9. The predicted molar refractivity (Wildman–Crippen MR) is 179 cm³/mol. The van der Waals surface area contributed by atoms with Crippen LogP contribution in [0.5, 0.6) is 0 Å². The van der Waals surface area contributed by atoms with Crippen LogP contribution in [0.1, 0.15) is 104 Å². The van der Waals surface area contributed by atoms with Crippen molar-refractivity contribution in [1.82, 2.24) is 29.4 Å². The number of amides is 1. The maximum absolute atomic E-state index is 12.2. The summed E-state index contributed by atoms with van der Waals surface area (Å²) in [4.78, 5) is 16.9. The summed E-state index contributed by atoms with van der Waals surface area (Å²) in [6.45, 7) is 14.5. The highest BCUT2D eigenvalue weighted by molar-refractivity contribution is 5.91.